The van der Waals surface area contributed by atoms with Crippen molar-refractivity contribution in [2.45, 2.75) is 4.90 Å². The number of methoxy groups -OCH3 is 2. The predicted molar refractivity (Wildman–Crippen MR) is 134 cm³/mol. The molecule has 34 heavy (non-hydrogen) atoms. The zero-order valence-corrected chi connectivity index (χ0v) is 21.6. The minimum atomic E-state index is -3.77. The van der Waals surface area contributed by atoms with E-state index in [9.17, 15) is 13.2 Å². The molecule has 12 heteroatoms. The summed E-state index contributed by atoms with van der Waals surface area (Å²) in [5, 5.41) is 5.85. The molecular formula is C22H23Cl2N3O5S2. The minimum absolute atomic E-state index is 0.0742. The van der Waals surface area contributed by atoms with Crippen molar-refractivity contribution in [2.24, 2.45) is 0 Å². The second-order valence-electron chi connectivity index (χ2n) is 7.03. The molecule has 0 aliphatic rings. The number of carbonyl (C=O) groups is 1. The molecule has 3 rings (SSSR count). The maximum absolute atomic E-state index is 13.0. The van der Waals surface area contributed by atoms with E-state index in [0.717, 1.165) is 0 Å². The predicted octanol–water partition coefficient (Wildman–Crippen LogP) is 4.65. The third-order valence-electron chi connectivity index (χ3n) is 4.78. The zero-order chi connectivity index (χ0) is 24.7. The van der Waals surface area contributed by atoms with Gasteiger partial charge in [0.25, 0.3) is 5.91 Å². The van der Waals surface area contributed by atoms with Crippen LogP contribution in [0.4, 0.5) is 5.13 Å². The first-order chi connectivity index (χ1) is 16.3. The number of hydrogen-bond acceptors (Lipinski definition) is 7. The van der Waals surface area contributed by atoms with E-state index in [1.807, 2.05) is 0 Å². The number of hydrogen-bond donors (Lipinski definition) is 1. The number of ether oxygens (including phenoxy) is 2. The van der Waals surface area contributed by atoms with Crippen LogP contribution in [0, 0.1) is 0 Å². The van der Waals surface area contributed by atoms with E-state index in [2.05, 4.69) is 10.3 Å². The molecule has 0 radical (unpaired) electrons. The molecule has 0 saturated carbocycles. The molecule has 0 spiro atoms. The van der Waals surface area contributed by atoms with Gasteiger partial charge in [0.2, 0.25) is 10.0 Å². The Morgan fingerprint density at radius 1 is 1.06 bits per heavy atom. The topological polar surface area (TPSA) is 97.8 Å². The monoisotopic (exact) mass is 543 g/mol. The standard InChI is InChI=1S/C22H23Cl2N3O5S2/c1-31-11-9-27(10-12-32-2)34(29,30)17-6-3-15(4-7-17)21(28)26-22-25-20(14-33-22)18-8-5-16(23)13-19(18)24/h3-8,13-14H,9-12H2,1-2H3,(H,25,26,28). The maximum Gasteiger partial charge on any atom is 0.257 e. The van der Waals surface area contributed by atoms with Crippen LogP contribution < -0.4 is 5.32 Å². The maximum atomic E-state index is 13.0. The smallest absolute Gasteiger partial charge is 0.257 e. The van der Waals surface area contributed by atoms with Crippen LogP contribution in [-0.4, -0.2) is 64.1 Å². The Morgan fingerprint density at radius 3 is 2.29 bits per heavy atom. The second-order valence-corrected chi connectivity index (χ2v) is 10.7. The number of amides is 1. The summed E-state index contributed by atoms with van der Waals surface area (Å²) in [5.41, 5.74) is 1.60. The quantitative estimate of drug-likeness (QED) is 0.378. The third kappa shape index (κ3) is 6.54. The SMILES string of the molecule is COCCN(CCOC)S(=O)(=O)c1ccc(C(=O)Nc2nc(-c3ccc(Cl)cc3Cl)cs2)cc1. The van der Waals surface area contributed by atoms with E-state index in [1.165, 1.54) is 54.1 Å². The van der Waals surface area contributed by atoms with Crippen molar-refractivity contribution in [1.29, 1.82) is 0 Å². The highest BCUT2D eigenvalue weighted by molar-refractivity contribution is 7.89. The number of anilines is 1. The molecule has 1 amide bonds. The lowest BCUT2D eigenvalue weighted by Crippen LogP contribution is -2.36. The lowest BCUT2D eigenvalue weighted by molar-refractivity contribution is 0.102. The summed E-state index contributed by atoms with van der Waals surface area (Å²) >= 11 is 13.4. The lowest BCUT2D eigenvalue weighted by atomic mass is 10.2. The van der Waals surface area contributed by atoms with Gasteiger partial charge in [0, 0.05) is 48.8 Å². The van der Waals surface area contributed by atoms with Crippen LogP contribution in [0.3, 0.4) is 0 Å². The van der Waals surface area contributed by atoms with Crippen LogP contribution in [0.5, 0.6) is 0 Å². The fourth-order valence-corrected chi connectivity index (χ4v) is 5.61. The molecule has 0 aliphatic heterocycles. The first kappa shape index (κ1) is 26.6. The lowest BCUT2D eigenvalue weighted by Gasteiger charge is -2.21. The highest BCUT2D eigenvalue weighted by atomic mass is 35.5. The average Bonchev–Trinajstić information content (AvgIpc) is 3.27. The van der Waals surface area contributed by atoms with Crippen molar-refractivity contribution in [1.82, 2.24) is 9.29 Å². The van der Waals surface area contributed by atoms with E-state index in [0.29, 0.717) is 32.0 Å². The number of benzene rings is 2. The molecule has 0 aliphatic carbocycles. The van der Waals surface area contributed by atoms with E-state index < -0.39 is 15.9 Å². The summed E-state index contributed by atoms with van der Waals surface area (Å²) in [6, 6.07) is 10.8. The summed E-state index contributed by atoms with van der Waals surface area (Å²) in [6.07, 6.45) is 0. The highest BCUT2D eigenvalue weighted by Gasteiger charge is 2.24. The van der Waals surface area contributed by atoms with Gasteiger partial charge in [0.05, 0.1) is 28.8 Å². The van der Waals surface area contributed by atoms with Crippen LogP contribution in [-0.2, 0) is 19.5 Å². The second kappa shape index (κ2) is 12.1. The molecule has 8 nitrogen and oxygen atoms in total. The molecule has 0 atom stereocenters. The molecule has 0 saturated heterocycles. The molecule has 1 N–H and O–H groups in total. The van der Waals surface area contributed by atoms with Gasteiger partial charge in [-0.05, 0) is 42.5 Å². The molecule has 1 heterocycles. The molecule has 1 aromatic heterocycles. The Bertz CT molecular complexity index is 1230. The van der Waals surface area contributed by atoms with Crippen LogP contribution in [0.25, 0.3) is 11.3 Å². The van der Waals surface area contributed by atoms with Gasteiger partial charge in [0.1, 0.15) is 0 Å². The number of thiazole rings is 1. The molecule has 0 fully saturated rings. The normalized spacial score (nSPS) is 11.7. The first-order valence-corrected chi connectivity index (χ1v) is 13.1. The fourth-order valence-electron chi connectivity index (χ4n) is 2.99. The van der Waals surface area contributed by atoms with Crippen LogP contribution in [0.2, 0.25) is 10.0 Å². The van der Waals surface area contributed by atoms with Crippen molar-refractivity contribution >= 4 is 55.6 Å². The molecule has 0 unspecified atom stereocenters. The van der Waals surface area contributed by atoms with Crippen molar-refractivity contribution in [3.8, 4) is 11.3 Å². The Balaban J connectivity index is 1.72. The van der Waals surface area contributed by atoms with Crippen LogP contribution >= 0.6 is 34.5 Å². The Morgan fingerprint density at radius 2 is 1.71 bits per heavy atom. The third-order valence-corrected chi connectivity index (χ3v) is 7.99. The summed E-state index contributed by atoms with van der Waals surface area (Å²) in [4.78, 5) is 17.1. The van der Waals surface area contributed by atoms with Crippen molar-refractivity contribution in [3.63, 3.8) is 0 Å². The number of nitrogens with zero attached hydrogens (tertiary/aromatic N) is 2. The van der Waals surface area contributed by atoms with Gasteiger partial charge in [-0.15, -0.1) is 11.3 Å². The van der Waals surface area contributed by atoms with E-state index >= 15 is 0 Å². The molecule has 2 aromatic carbocycles. The van der Waals surface area contributed by atoms with Gasteiger partial charge in [-0.2, -0.15) is 4.31 Å². The van der Waals surface area contributed by atoms with Gasteiger partial charge < -0.3 is 9.47 Å². The Kier molecular flexibility index (Phi) is 9.43. The largest absolute Gasteiger partial charge is 0.383 e. The van der Waals surface area contributed by atoms with Crippen molar-refractivity contribution in [2.75, 3.05) is 45.8 Å². The number of halogens is 2. The summed E-state index contributed by atoms with van der Waals surface area (Å²) in [5.74, 6) is -0.414. The van der Waals surface area contributed by atoms with Gasteiger partial charge in [0.15, 0.2) is 5.13 Å². The summed E-state index contributed by atoms with van der Waals surface area (Å²) < 4.78 is 37.3. The van der Waals surface area contributed by atoms with Gasteiger partial charge >= 0.3 is 0 Å². The van der Waals surface area contributed by atoms with Crippen molar-refractivity contribution < 1.29 is 22.7 Å². The van der Waals surface area contributed by atoms with Crippen LogP contribution in [0.1, 0.15) is 10.4 Å². The number of sulfonamides is 1. The van der Waals surface area contributed by atoms with E-state index in [4.69, 9.17) is 32.7 Å². The molecule has 182 valence electrons. The Labute approximate surface area is 212 Å². The zero-order valence-electron chi connectivity index (χ0n) is 18.5. The number of rotatable bonds is 11. The summed E-state index contributed by atoms with van der Waals surface area (Å²) in [7, 11) is -0.764. The molecular weight excluding hydrogens is 521 g/mol. The molecule has 3 aromatic rings. The van der Waals surface area contributed by atoms with E-state index in [1.54, 1.807) is 23.6 Å². The number of aromatic nitrogens is 1. The van der Waals surface area contributed by atoms with Crippen molar-refractivity contribution in [3.05, 3.63) is 63.5 Å². The van der Waals surface area contributed by atoms with Gasteiger partial charge in [-0.25, -0.2) is 13.4 Å². The Hall–Kier alpha value is -2.05. The molecule has 0 bridgehead atoms. The summed E-state index contributed by atoms with van der Waals surface area (Å²) in [6.45, 7) is 0.879. The van der Waals surface area contributed by atoms with Gasteiger partial charge in [-0.1, -0.05) is 23.2 Å². The average molecular weight is 544 g/mol. The van der Waals surface area contributed by atoms with Crippen LogP contribution in [0.15, 0.2) is 52.7 Å². The highest BCUT2D eigenvalue weighted by Crippen LogP contribution is 2.32. The van der Waals surface area contributed by atoms with E-state index in [-0.39, 0.29) is 31.2 Å². The first-order valence-electron chi connectivity index (χ1n) is 10.1. The number of nitrogens with one attached hydrogen (secondary N) is 1. The fraction of sp³-hybridized carbons (Fsp3) is 0.273. The minimum Gasteiger partial charge on any atom is -0.383 e. The number of carbonyl (C=O) groups excluding carboxylic acids is 1. The van der Waals surface area contributed by atoms with Gasteiger partial charge in [-0.3, -0.25) is 10.1 Å².